The van der Waals surface area contributed by atoms with Gasteiger partial charge in [-0.15, -0.1) is 0 Å². The molecule has 0 atom stereocenters. The van der Waals surface area contributed by atoms with E-state index in [0.29, 0.717) is 24.0 Å². The molecule has 0 amide bonds. The van der Waals surface area contributed by atoms with Gasteiger partial charge in [0.15, 0.2) is 0 Å². The molecule has 0 aliphatic rings. The Labute approximate surface area is 145 Å². The predicted molar refractivity (Wildman–Crippen MR) is 94.9 cm³/mol. The van der Waals surface area contributed by atoms with Crippen LogP contribution in [0.4, 0.5) is 26.1 Å². The number of nitrogens with zero attached hydrogens (tertiary/aromatic N) is 2. The van der Waals surface area contributed by atoms with E-state index in [1.54, 1.807) is 13.0 Å². The molecule has 0 saturated carbocycles. The molecule has 2 aromatic carbocycles. The number of hydrogen-bond acceptors (Lipinski definition) is 4. The lowest BCUT2D eigenvalue weighted by Gasteiger charge is -2.11. The minimum atomic E-state index is -0.675. The van der Waals surface area contributed by atoms with E-state index in [2.05, 4.69) is 26.7 Å². The van der Waals surface area contributed by atoms with Gasteiger partial charge in [0.25, 0.3) is 0 Å². The van der Waals surface area contributed by atoms with Crippen LogP contribution in [0.3, 0.4) is 0 Å². The first kappa shape index (κ1) is 16.8. The molecular formula is C19H18F2N4. The number of benzene rings is 2. The van der Waals surface area contributed by atoms with Gasteiger partial charge in [-0.2, -0.15) is 0 Å². The number of halogens is 2. The second-order valence-electron chi connectivity index (χ2n) is 5.75. The molecule has 0 aliphatic carbocycles. The first-order valence-electron chi connectivity index (χ1n) is 7.87. The van der Waals surface area contributed by atoms with Gasteiger partial charge in [0.1, 0.15) is 34.8 Å². The average molecular weight is 340 g/mol. The Kier molecular flexibility index (Phi) is 4.88. The maximum absolute atomic E-state index is 13.8. The van der Waals surface area contributed by atoms with Crippen molar-refractivity contribution in [3.8, 4) is 0 Å². The zero-order chi connectivity index (χ0) is 17.8. The fourth-order valence-corrected chi connectivity index (χ4v) is 2.48. The number of anilines is 3. The lowest BCUT2D eigenvalue weighted by molar-refractivity contribution is 0.590. The molecule has 0 radical (unpaired) electrons. The Balaban J connectivity index is 1.78. The Morgan fingerprint density at radius 1 is 0.880 bits per heavy atom. The summed E-state index contributed by atoms with van der Waals surface area (Å²) >= 11 is 0. The summed E-state index contributed by atoms with van der Waals surface area (Å²) in [6.07, 6.45) is 0. The predicted octanol–water partition coefficient (Wildman–Crippen LogP) is 4.73. The lowest BCUT2D eigenvalue weighted by atomic mass is 10.1. The summed E-state index contributed by atoms with van der Waals surface area (Å²) in [6.45, 7) is 4.34. The van der Waals surface area contributed by atoms with Crippen molar-refractivity contribution < 1.29 is 8.78 Å². The molecule has 25 heavy (non-hydrogen) atoms. The maximum Gasteiger partial charge on any atom is 0.149 e. The second kappa shape index (κ2) is 7.25. The largest absolute Gasteiger partial charge is 0.366 e. The molecule has 0 unspecified atom stereocenters. The van der Waals surface area contributed by atoms with Crippen LogP contribution in [-0.2, 0) is 6.54 Å². The van der Waals surface area contributed by atoms with Crippen LogP contribution in [0.5, 0.6) is 0 Å². The van der Waals surface area contributed by atoms with Gasteiger partial charge in [0.2, 0.25) is 0 Å². The van der Waals surface area contributed by atoms with Crippen molar-refractivity contribution in [3.05, 3.63) is 77.1 Å². The van der Waals surface area contributed by atoms with Crippen molar-refractivity contribution in [3.63, 3.8) is 0 Å². The van der Waals surface area contributed by atoms with E-state index in [1.807, 2.05) is 25.1 Å². The highest BCUT2D eigenvalue weighted by Gasteiger charge is 2.10. The molecule has 0 aliphatic heterocycles. The standard InChI is InChI=1S/C19H18F2N4/c1-12-5-3-6-14(9-12)11-22-17-10-18(24-13(2)23-17)25-19-15(20)7-4-8-16(19)21/h3-10H,11H2,1-2H3,(H2,22,23,24,25). The van der Waals surface area contributed by atoms with Crippen LogP contribution in [0.15, 0.2) is 48.5 Å². The van der Waals surface area contributed by atoms with Gasteiger partial charge in [-0.3, -0.25) is 0 Å². The molecule has 0 spiro atoms. The summed E-state index contributed by atoms with van der Waals surface area (Å²) in [6, 6.07) is 13.4. The van der Waals surface area contributed by atoms with Crippen LogP contribution in [0.1, 0.15) is 17.0 Å². The Morgan fingerprint density at radius 3 is 2.28 bits per heavy atom. The van der Waals surface area contributed by atoms with Crippen molar-refractivity contribution >= 4 is 17.3 Å². The zero-order valence-electron chi connectivity index (χ0n) is 14.0. The summed E-state index contributed by atoms with van der Waals surface area (Å²) in [5.41, 5.74) is 2.06. The number of rotatable bonds is 5. The molecule has 128 valence electrons. The molecule has 0 fully saturated rings. The smallest absolute Gasteiger partial charge is 0.149 e. The van der Waals surface area contributed by atoms with Crippen molar-refractivity contribution in [2.45, 2.75) is 20.4 Å². The molecule has 1 heterocycles. The van der Waals surface area contributed by atoms with Gasteiger partial charge >= 0.3 is 0 Å². The van der Waals surface area contributed by atoms with Crippen LogP contribution in [0.2, 0.25) is 0 Å². The first-order valence-corrected chi connectivity index (χ1v) is 7.87. The van der Waals surface area contributed by atoms with E-state index in [9.17, 15) is 8.78 Å². The maximum atomic E-state index is 13.8. The van der Waals surface area contributed by atoms with Gasteiger partial charge in [0.05, 0.1) is 0 Å². The number of aromatic nitrogens is 2. The van der Waals surface area contributed by atoms with E-state index in [4.69, 9.17) is 0 Å². The summed E-state index contributed by atoms with van der Waals surface area (Å²) in [5, 5.41) is 5.89. The Bertz CT molecular complexity index is 876. The fourth-order valence-electron chi connectivity index (χ4n) is 2.48. The second-order valence-corrected chi connectivity index (χ2v) is 5.75. The van der Waals surface area contributed by atoms with Crippen LogP contribution < -0.4 is 10.6 Å². The number of hydrogen-bond donors (Lipinski definition) is 2. The topological polar surface area (TPSA) is 49.8 Å². The molecule has 0 saturated heterocycles. The van der Waals surface area contributed by atoms with Crippen molar-refractivity contribution in [2.24, 2.45) is 0 Å². The van der Waals surface area contributed by atoms with Gasteiger partial charge in [-0.25, -0.2) is 18.7 Å². The van der Waals surface area contributed by atoms with E-state index >= 15 is 0 Å². The van der Waals surface area contributed by atoms with Gasteiger partial charge in [0, 0.05) is 12.6 Å². The summed E-state index contributed by atoms with van der Waals surface area (Å²) in [7, 11) is 0. The summed E-state index contributed by atoms with van der Waals surface area (Å²) < 4.78 is 27.6. The third-order valence-electron chi connectivity index (χ3n) is 3.61. The fraction of sp³-hybridized carbons (Fsp3) is 0.158. The van der Waals surface area contributed by atoms with Crippen LogP contribution in [0, 0.1) is 25.5 Å². The van der Waals surface area contributed by atoms with Crippen LogP contribution >= 0.6 is 0 Å². The highest BCUT2D eigenvalue weighted by atomic mass is 19.1. The molecule has 2 N–H and O–H groups in total. The number of nitrogens with one attached hydrogen (secondary N) is 2. The third kappa shape index (κ3) is 4.29. The van der Waals surface area contributed by atoms with Crippen LogP contribution in [-0.4, -0.2) is 9.97 Å². The van der Waals surface area contributed by atoms with Crippen molar-refractivity contribution in [2.75, 3.05) is 10.6 Å². The van der Waals surface area contributed by atoms with Gasteiger partial charge < -0.3 is 10.6 Å². The van der Waals surface area contributed by atoms with E-state index in [0.717, 1.165) is 5.56 Å². The summed E-state index contributed by atoms with van der Waals surface area (Å²) in [5.74, 6) is 0.0426. The summed E-state index contributed by atoms with van der Waals surface area (Å²) in [4.78, 5) is 8.49. The van der Waals surface area contributed by atoms with E-state index in [1.165, 1.54) is 23.8 Å². The molecule has 4 nitrogen and oxygen atoms in total. The van der Waals surface area contributed by atoms with Crippen LogP contribution in [0.25, 0.3) is 0 Å². The third-order valence-corrected chi connectivity index (χ3v) is 3.61. The lowest BCUT2D eigenvalue weighted by Crippen LogP contribution is -2.06. The zero-order valence-corrected chi connectivity index (χ0v) is 14.0. The Morgan fingerprint density at radius 2 is 1.56 bits per heavy atom. The molecule has 0 bridgehead atoms. The number of para-hydroxylation sites is 1. The number of aryl methyl sites for hydroxylation is 2. The quantitative estimate of drug-likeness (QED) is 0.705. The molecule has 6 heteroatoms. The average Bonchev–Trinajstić information content (AvgIpc) is 2.56. The Hall–Kier alpha value is -3.02. The minimum Gasteiger partial charge on any atom is -0.366 e. The van der Waals surface area contributed by atoms with Crippen molar-refractivity contribution in [1.82, 2.24) is 9.97 Å². The van der Waals surface area contributed by atoms with Gasteiger partial charge in [-0.1, -0.05) is 35.9 Å². The highest BCUT2D eigenvalue weighted by Crippen LogP contribution is 2.23. The monoisotopic (exact) mass is 340 g/mol. The minimum absolute atomic E-state index is 0.231. The molecular weight excluding hydrogens is 322 g/mol. The molecule has 1 aromatic heterocycles. The van der Waals surface area contributed by atoms with Crippen molar-refractivity contribution in [1.29, 1.82) is 0 Å². The highest BCUT2D eigenvalue weighted by molar-refractivity contribution is 5.60. The van der Waals surface area contributed by atoms with E-state index < -0.39 is 11.6 Å². The normalized spacial score (nSPS) is 10.6. The molecule has 3 aromatic rings. The first-order chi connectivity index (χ1) is 12.0. The van der Waals surface area contributed by atoms with E-state index in [-0.39, 0.29) is 5.69 Å². The van der Waals surface area contributed by atoms with Gasteiger partial charge in [-0.05, 0) is 31.5 Å². The molecule has 3 rings (SSSR count). The SMILES string of the molecule is Cc1cccc(CNc2cc(Nc3c(F)cccc3F)nc(C)n2)c1.